The van der Waals surface area contributed by atoms with Gasteiger partial charge in [0.15, 0.2) is 0 Å². The second-order valence-corrected chi connectivity index (χ2v) is 0.621. The van der Waals surface area contributed by atoms with Crippen molar-refractivity contribution in [1.82, 2.24) is 6.15 Å². The Morgan fingerprint density at radius 1 is 0.700 bits per heavy atom. The smallest absolute Gasteiger partial charge is 0.327 e. The van der Waals surface area contributed by atoms with Gasteiger partial charge < -0.3 is 20.1 Å². The first-order valence-corrected chi connectivity index (χ1v) is 2.91. The zero-order valence-electron chi connectivity index (χ0n) is 4.41. The van der Waals surface area contributed by atoms with Gasteiger partial charge in [-0.05, 0) is 0 Å². The van der Waals surface area contributed by atoms with Crippen molar-refractivity contribution in [3.05, 3.63) is 0 Å². The fourth-order valence-corrected chi connectivity index (χ4v) is 0. The molecule has 7 nitrogen and oxygen atoms in total. The molecule has 0 aliphatic rings. The third-order valence-corrected chi connectivity index (χ3v) is 0. The second kappa shape index (κ2) is 54.9. The zero-order chi connectivity index (χ0) is 8.12. The maximum absolute atomic E-state index is 8.35. The summed E-state index contributed by atoms with van der Waals surface area (Å²) in [5.41, 5.74) is 0. The van der Waals surface area contributed by atoms with E-state index in [2.05, 4.69) is 0 Å². The van der Waals surface area contributed by atoms with E-state index in [4.69, 9.17) is 28.0 Å². The molecule has 68 valence electrons. The predicted octanol–water partition coefficient (Wildman–Crippen LogP) is -5.08. The van der Waals surface area contributed by atoms with Crippen LogP contribution in [0.4, 0.5) is 0 Å². The van der Waals surface area contributed by atoms with Gasteiger partial charge in [-0.25, -0.2) is 0 Å². The molecule has 6 N–H and O–H groups in total. The van der Waals surface area contributed by atoms with Gasteiger partial charge in [0.25, 0.3) is 0 Å². The minimum atomic E-state index is -0.167. The van der Waals surface area contributed by atoms with Crippen LogP contribution < -0.4 is 20.1 Å². The lowest BCUT2D eigenvalue weighted by molar-refractivity contribution is -1.27. The molecule has 0 aromatic heterocycles. The molecule has 0 aliphatic carbocycles. The normalized spacial score (nSPS) is 5.40. The van der Waals surface area contributed by atoms with Crippen LogP contribution in [0.5, 0.6) is 0 Å². The van der Waals surface area contributed by atoms with E-state index in [0.717, 1.165) is 0 Å². The van der Waals surface area contributed by atoms with Crippen molar-refractivity contribution in [2.24, 2.45) is 0 Å². The Bertz CT molecular complexity index is 17.7. The molecule has 0 amide bonds. The monoisotopic (exact) mass is 221 g/mol. The molecule has 0 spiro atoms. The largest absolute Gasteiger partial charge is 0.506 e. The van der Waals surface area contributed by atoms with Crippen molar-refractivity contribution in [2.75, 3.05) is 0 Å². The summed E-state index contributed by atoms with van der Waals surface area (Å²) >= 11 is -0.500. The fourth-order valence-electron chi connectivity index (χ4n) is 0. The highest BCUT2D eigenvalue weighted by molar-refractivity contribution is 2.13. The minimum Gasteiger partial charge on any atom is -0.506 e. The summed E-state index contributed by atoms with van der Waals surface area (Å²) in [5.74, 6) is 0. The summed E-state index contributed by atoms with van der Waals surface area (Å²) in [7, 11) is 0. The third kappa shape index (κ3) is 1420. The molecule has 0 fully saturated rings. The lowest BCUT2D eigenvalue weighted by atomic mass is 14.0. The van der Waals surface area contributed by atoms with E-state index in [1.165, 1.54) is 0 Å². The molecule has 0 rings (SSSR count). The van der Waals surface area contributed by atoms with E-state index < -0.39 is 0 Å². The van der Waals surface area contributed by atoms with Crippen LogP contribution in [0.15, 0.2) is 0 Å². The zero-order valence-corrected chi connectivity index (χ0v) is 6.68. The van der Waals surface area contributed by atoms with Gasteiger partial charge in [-0.15, -0.1) is 14.0 Å². The highest BCUT2D eigenvalue weighted by Gasteiger charge is 1.47. The van der Waals surface area contributed by atoms with Crippen LogP contribution in [0.2, 0.25) is 0 Å². The molecule has 0 aromatic carbocycles. The average molecular weight is 222 g/mol. The lowest BCUT2D eigenvalue weighted by Gasteiger charge is -1.46. The van der Waals surface area contributed by atoms with Crippen molar-refractivity contribution in [1.29, 1.82) is 0 Å². The van der Waals surface area contributed by atoms with Crippen LogP contribution in [0.3, 0.4) is 0 Å². The maximum Gasteiger partial charge on any atom is 0.327 e. The van der Waals surface area contributed by atoms with Crippen molar-refractivity contribution in [3.8, 4) is 0 Å². The molecule has 0 unspecified atom stereocenters. The molecule has 0 atom stereocenters. The highest BCUT2D eigenvalue weighted by atomic mass is 35.6. The number of rotatable bonds is 0. The van der Waals surface area contributed by atoms with Gasteiger partial charge in [0.05, 0.1) is 0 Å². The average Bonchev–Trinajstić information content (AvgIpc) is 1.70. The Labute approximate surface area is 68.7 Å². The van der Waals surface area contributed by atoms with E-state index in [9.17, 15) is 0 Å². The van der Waals surface area contributed by atoms with E-state index >= 15 is 0 Å². The van der Waals surface area contributed by atoms with Gasteiger partial charge in [0.2, 0.25) is 0 Å². The first-order valence-electron chi connectivity index (χ1n) is 0.970. The van der Waals surface area contributed by atoms with Crippen LogP contribution in [-0.4, -0.2) is 14.0 Å². The number of hydrogen-bond donors (Lipinski definition) is 4. The molecular formula is H6Cl3NO6. The summed E-state index contributed by atoms with van der Waals surface area (Å²) in [4.78, 5) is 0. The van der Waals surface area contributed by atoms with Crippen LogP contribution in [0.25, 0.3) is 0 Å². The summed E-state index contributed by atoms with van der Waals surface area (Å²) in [6, 6.07) is 0. The summed E-state index contributed by atoms with van der Waals surface area (Å²) in [6.07, 6.45) is 0. The SMILES string of the molecule is N.[O-][Cl+]O.[O-][Cl+]O.[O-][Cl+]O. The maximum atomic E-state index is 8.35. The van der Waals surface area contributed by atoms with E-state index in [-0.39, 0.29) is 40.1 Å². The molecule has 0 saturated heterocycles. The molecule has 10 heavy (non-hydrogen) atoms. The lowest BCUT2D eigenvalue weighted by Crippen LogP contribution is -1.94. The summed E-state index contributed by atoms with van der Waals surface area (Å²) in [6.45, 7) is 0. The van der Waals surface area contributed by atoms with Gasteiger partial charge in [0, 0.05) is 0 Å². The minimum absolute atomic E-state index is 0. The van der Waals surface area contributed by atoms with Gasteiger partial charge in [-0.3, -0.25) is 0 Å². The standard InChI is InChI=1S/3ClHO2.H3N/c3*2-1-3;/h3*2H;1H3. The van der Waals surface area contributed by atoms with Crippen molar-refractivity contribution in [2.45, 2.75) is 0 Å². The van der Waals surface area contributed by atoms with Crippen molar-refractivity contribution >= 4 is 0 Å². The number of halogens is 3. The van der Waals surface area contributed by atoms with Gasteiger partial charge >= 0.3 is 34.0 Å². The van der Waals surface area contributed by atoms with Crippen LogP contribution >= 0.6 is 0 Å². The Balaban J connectivity index is -0.0000000257. The molecular weight excluding hydrogens is 216 g/mol. The van der Waals surface area contributed by atoms with E-state index in [0.29, 0.717) is 0 Å². The van der Waals surface area contributed by atoms with E-state index in [1.807, 2.05) is 0 Å². The van der Waals surface area contributed by atoms with Crippen LogP contribution in [0, 0.1) is 34.0 Å². The van der Waals surface area contributed by atoms with Crippen LogP contribution in [0.1, 0.15) is 0 Å². The van der Waals surface area contributed by atoms with Crippen LogP contribution in [-0.2, 0) is 0 Å². The van der Waals surface area contributed by atoms with Crippen molar-refractivity contribution < 1.29 is 61.9 Å². The highest BCUT2D eigenvalue weighted by Crippen LogP contribution is 1.14. The second-order valence-electron chi connectivity index (χ2n) is 0.207. The van der Waals surface area contributed by atoms with Gasteiger partial charge in [-0.1, -0.05) is 0 Å². The number of hydrogen-bond acceptors (Lipinski definition) is 7. The summed E-state index contributed by atoms with van der Waals surface area (Å²) in [5, 5.41) is 0. The molecule has 0 bridgehead atoms. The quantitative estimate of drug-likeness (QED) is 0.318. The molecule has 0 heterocycles. The third-order valence-electron chi connectivity index (χ3n) is 0. The predicted molar refractivity (Wildman–Crippen MR) is 11.7 cm³/mol. The van der Waals surface area contributed by atoms with Gasteiger partial charge in [-0.2, -0.15) is 0 Å². The summed E-state index contributed by atoms with van der Waals surface area (Å²) < 4.78 is 45.7. The van der Waals surface area contributed by atoms with E-state index in [1.54, 1.807) is 0 Å². The Morgan fingerprint density at radius 2 is 0.700 bits per heavy atom. The molecule has 0 saturated carbocycles. The Hall–Kier alpha value is 0.590. The van der Waals surface area contributed by atoms with Crippen molar-refractivity contribution in [3.63, 3.8) is 0 Å². The molecule has 0 aliphatic heterocycles. The fraction of sp³-hybridized carbons (Fsp3) is 0. The molecule has 10 heteroatoms. The first kappa shape index (κ1) is 22.4. The first-order chi connectivity index (χ1) is 4.24. The molecule has 0 aromatic rings. The Kier molecular flexibility index (Phi) is 123. The topological polar surface area (TPSA) is 165 Å². The molecule has 0 radical (unpaired) electrons. The van der Waals surface area contributed by atoms with Gasteiger partial charge in [0.1, 0.15) is 0 Å². The Morgan fingerprint density at radius 3 is 0.700 bits per heavy atom.